The molecule has 0 saturated carbocycles. The van der Waals surface area contributed by atoms with Crippen LogP contribution in [0.4, 0.5) is 10.1 Å². The van der Waals surface area contributed by atoms with Crippen molar-refractivity contribution in [2.24, 2.45) is 0 Å². The number of anilines is 1. The number of nitrogens with zero attached hydrogens (tertiary/aromatic N) is 2. The van der Waals surface area contributed by atoms with E-state index in [1.807, 2.05) is 6.07 Å². The standard InChI is InChI=1S/C9H10FN3/c1-6(4-11)9-7(3-10)2-8(12)5-13-9/h2,5-6H,3,12H2,1H3. The number of alkyl halides is 1. The van der Waals surface area contributed by atoms with Crippen LogP contribution in [0.15, 0.2) is 12.3 Å². The van der Waals surface area contributed by atoms with Crippen LogP contribution in [-0.2, 0) is 6.67 Å². The van der Waals surface area contributed by atoms with Crippen molar-refractivity contribution in [2.75, 3.05) is 5.73 Å². The summed E-state index contributed by atoms with van der Waals surface area (Å²) in [6.07, 6.45) is 1.43. The van der Waals surface area contributed by atoms with Gasteiger partial charge in [-0.25, -0.2) is 4.39 Å². The molecule has 0 aliphatic heterocycles. The highest BCUT2D eigenvalue weighted by Gasteiger charge is 2.11. The highest BCUT2D eigenvalue weighted by atomic mass is 19.1. The maximum Gasteiger partial charge on any atom is 0.116 e. The predicted molar refractivity (Wildman–Crippen MR) is 47.5 cm³/mol. The molecule has 4 heteroatoms. The minimum atomic E-state index is -0.639. The van der Waals surface area contributed by atoms with Gasteiger partial charge in [0.25, 0.3) is 0 Å². The van der Waals surface area contributed by atoms with Crippen molar-refractivity contribution in [3.05, 3.63) is 23.5 Å². The highest BCUT2D eigenvalue weighted by molar-refractivity contribution is 5.41. The summed E-state index contributed by atoms with van der Waals surface area (Å²) >= 11 is 0. The number of nitriles is 1. The van der Waals surface area contributed by atoms with E-state index >= 15 is 0 Å². The zero-order valence-electron chi connectivity index (χ0n) is 7.29. The molecule has 1 heterocycles. The van der Waals surface area contributed by atoms with Gasteiger partial charge >= 0.3 is 0 Å². The number of rotatable bonds is 2. The Morgan fingerprint density at radius 1 is 1.77 bits per heavy atom. The molecule has 0 radical (unpaired) electrons. The fourth-order valence-corrected chi connectivity index (χ4v) is 1.10. The molecule has 3 nitrogen and oxygen atoms in total. The molecule has 0 amide bonds. The monoisotopic (exact) mass is 179 g/mol. The molecular weight excluding hydrogens is 169 g/mol. The van der Waals surface area contributed by atoms with Crippen LogP contribution in [0.1, 0.15) is 24.1 Å². The van der Waals surface area contributed by atoms with Crippen molar-refractivity contribution >= 4 is 5.69 Å². The number of pyridine rings is 1. The normalized spacial score (nSPS) is 12.1. The lowest BCUT2D eigenvalue weighted by Crippen LogP contribution is -2.01. The van der Waals surface area contributed by atoms with Gasteiger partial charge in [-0.1, -0.05) is 0 Å². The average molecular weight is 179 g/mol. The van der Waals surface area contributed by atoms with Gasteiger partial charge < -0.3 is 5.73 Å². The van der Waals surface area contributed by atoms with Gasteiger partial charge in [0.1, 0.15) is 6.67 Å². The summed E-state index contributed by atoms with van der Waals surface area (Å²) in [5, 5.41) is 8.63. The molecule has 1 aromatic heterocycles. The Kier molecular flexibility index (Phi) is 2.80. The summed E-state index contributed by atoms with van der Waals surface area (Å²) in [4.78, 5) is 3.93. The third-order valence-electron chi connectivity index (χ3n) is 1.77. The molecule has 1 unspecified atom stereocenters. The van der Waals surface area contributed by atoms with E-state index in [9.17, 15) is 4.39 Å². The highest BCUT2D eigenvalue weighted by Crippen LogP contribution is 2.19. The Morgan fingerprint density at radius 2 is 2.46 bits per heavy atom. The smallest absolute Gasteiger partial charge is 0.116 e. The summed E-state index contributed by atoms with van der Waals surface area (Å²) in [6, 6.07) is 3.52. The Bertz CT molecular complexity index is 343. The number of hydrogen-bond acceptors (Lipinski definition) is 3. The van der Waals surface area contributed by atoms with Crippen LogP contribution in [-0.4, -0.2) is 4.98 Å². The first-order chi connectivity index (χ1) is 6.19. The zero-order chi connectivity index (χ0) is 9.84. The van der Waals surface area contributed by atoms with Gasteiger partial charge in [0.15, 0.2) is 0 Å². The first-order valence-corrected chi connectivity index (χ1v) is 3.89. The molecule has 0 aliphatic carbocycles. The largest absolute Gasteiger partial charge is 0.397 e. The number of aromatic nitrogens is 1. The van der Waals surface area contributed by atoms with Crippen molar-refractivity contribution in [1.82, 2.24) is 4.98 Å². The molecule has 0 fully saturated rings. The fraction of sp³-hybridized carbons (Fsp3) is 0.333. The predicted octanol–water partition coefficient (Wildman–Crippen LogP) is 1.76. The first kappa shape index (κ1) is 9.46. The number of nitrogen functional groups attached to an aromatic ring is 1. The second kappa shape index (κ2) is 3.85. The SMILES string of the molecule is CC(C#N)c1ncc(N)cc1CF. The molecule has 1 atom stereocenters. The van der Waals surface area contributed by atoms with Gasteiger partial charge in [0, 0.05) is 5.56 Å². The molecule has 0 bridgehead atoms. The Balaban J connectivity index is 3.15. The Morgan fingerprint density at radius 3 is 3.00 bits per heavy atom. The van der Waals surface area contributed by atoms with E-state index in [1.165, 1.54) is 12.3 Å². The van der Waals surface area contributed by atoms with E-state index in [1.54, 1.807) is 6.92 Å². The third kappa shape index (κ3) is 1.94. The average Bonchev–Trinajstić information content (AvgIpc) is 2.16. The maximum absolute atomic E-state index is 12.5. The third-order valence-corrected chi connectivity index (χ3v) is 1.77. The Hall–Kier alpha value is -1.63. The van der Waals surface area contributed by atoms with Gasteiger partial charge in [-0.3, -0.25) is 4.98 Å². The van der Waals surface area contributed by atoms with E-state index < -0.39 is 12.6 Å². The lowest BCUT2D eigenvalue weighted by molar-refractivity contribution is 0.480. The van der Waals surface area contributed by atoms with E-state index in [4.69, 9.17) is 11.0 Å². The molecule has 68 valence electrons. The van der Waals surface area contributed by atoms with Crippen LogP contribution in [0.2, 0.25) is 0 Å². The van der Waals surface area contributed by atoms with Crippen molar-refractivity contribution < 1.29 is 4.39 Å². The van der Waals surface area contributed by atoms with Crippen LogP contribution in [0.5, 0.6) is 0 Å². The van der Waals surface area contributed by atoms with E-state index in [0.717, 1.165) is 0 Å². The van der Waals surface area contributed by atoms with Crippen molar-refractivity contribution in [1.29, 1.82) is 5.26 Å². The summed E-state index contributed by atoms with van der Waals surface area (Å²) < 4.78 is 12.5. The molecule has 0 spiro atoms. The second-order valence-electron chi connectivity index (χ2n) is 2.80. The van der Waals surface area contributed by atoms with E-state index in [-0.39, 0.29) is 0 Å². The summed E-state index contributed by atoms with van der Waals surface area (Å²) in [5.41, 5.74) is 6.72. The van der Waals surface area contributed by atoms with Crippen molar-refractivity contribution in [2.45, 2.75) is 19.5 Å². The van der Waals surface area contributed by atoms with Gasteiger partial charge in [-0.2, -0.15) is 5.26 Å². The van der Waals surface area contributed by atoms with E-state index in [0.29, 0.717) is 16.9 Å². The second-order valence-corrected chi connectivity index (χ2v) is 2.80. The van der Waals surface area contributed by atoms with Gasteiger partial charge in [0.2, 0.25) is 0 Å². The van der Waals surface area contributed by atoms with Crippen LogP contribution in [0, 0.1) is 11.3 Å². The molecule has 0 aromatic carbocycles. The number of nitrogens with two attached hydrogens (primary N) is 1. The van der Waals surface area contributed by atoms with Gasteiger partial charge in [-0.15, -0.1) is 0 Å². The molecule has 13 heavy (non-hydrogen) atoms. The summed E-state index contributed by atoms with van der Waals surface area (Å²) in [7, 11) is 0. The molecule has 0 saturated heterocycles. The maximum atomic E-state index is 12.5. The van der Waals surface area contributed by atoms with Crippen LogP contribution >= 0.6 is 0 Å². The van der Waals surface area contributed by atoms with Crippen LogP contribution in [0.3, 0.4) is 0 Å². The minimum Gasteiger partial charge on any atom is -0.397 e. The van der Waals surface area contributed by atoms with Crippen LogP contribution in [0.25, 0.3) is 0 Å². The van der Waals surface area contributed by atoms with Crippen LogP contribution < -0.4 is 5.73 Å². The zero-order valence-corrected chi connectivity index (χ0v) is 7.29. The molecule has 0 aliphatic rings. The topological polar surface area (TPSA) is 62.7 Å². The minimum absolute atomic E-state index is 0.397. The van der Waals surface area contributed by atoms with Gasteiger partial charge in [-0.05, 0) is 13.0 Å². The number of halogens is 1. The lowest BCUT2D eigenvalue weighted by Gasteiger charge is -2.07. The lowest BCUT2D eigenvalue weighted by atomic mass is 10.0. The fourth-order valence-electron chi connectivity index (χ4n) is 1.10. The van der Waals surface area contributed by atoms with Crippen molar-refractivity contribution in [3.8, 4) is 6.07 Å². The first-order valence-electron chi connectivity index (χ1n) is 3.89. The number of hydrogen-bond donors (Lipinski definition) is 1. The molecular formula is C9H10FN3. The summed E-state index contributed by atoms with van der Waals surface area (Å²) in [5.74, 6) is -0.397. The molecule has 2 N–H and O–H groups in total. The van der Waals surface area contributed by atoms with Gasteiger partial charge in [0.05, 0.1) is 29.6 Å². The molecule has 1 rings (SSSR count). The quantitative estimate of drug-likeness (QED) is 0.752. The van der Waals surface area contributed by atoms with E-state index in [2.05, 4.69) is 4.98 Å². The Labute approximate surface area is 76.0 Å². The molecule has 1 aromatic rings. The summed E-state index contributed by atoms with van der Waals surface area (Å²) in [6.45, 7) is 1.04. The van der Waals surface area contributed by atoms with Crippen molar-refractivity contribution in [3.63, 3.8) is 0 Å².